The first-order chi connectivity index (χ1) is 20.4. The van der Waals surface area contributed by atoms with Crippen molar-refractivity contribution in [1.29, 1.82) is 0 Å². The summed E-state index contributed by atoms with van der Waals surface area (Å²) >= 11 is 0. The maximum Gasteiger partial charge on any atom is 0.343 e. The molecule has 9 heteroatoms. The predicted molar refractivity (Wildman–Crippen MR) is 153 cm³/mol. The zero-order chi connectivity index (χ0) is 29.5. The first kappa shape index (κ1) is 28.1. The fraction of sp³-hybridized carbons (Fsp3) is 0.152. The fourth-order valence-electron chi connectivity index (χ4n) is 4.43. The van der Waals surface area contributed by atoms with Gasteiger partial charge >= 0.3 is 11.9 Å². The minimum Gasteiger partial charge on any atom is -0.493 e. The first-order valence-corrected chi connectivity index (χ1v) is 13.2. The fourth-order valence-corrected chi connectivity index (χ4v) is 4.43. The van der Waals surface area contributed by atoms with Crippen molar-refractivity contribution < 1.29 is 38.1 Å². The number of anilines is 1. The first-order valence-electron chi connectivity index (χ1n) is 13.2. The van der Waals surface area contributed by atoms with Gasteiger partial charge in [-0.25, -0.2) is 4.79 Å². The van der Waals surface area contributed by atoms with E-state index in [0.29, 0.717) is 34.1 Å². The summed E-state index contributed by atoms with van der Waals surface area (Å²) in [6.07, 6.45) is -0.0199. The third-order valence-corrected chi connectivity index (χ3v) is 6.65. The molecule has 1 atom stereocenters. The number of benzene rings is 4. The van der Waals surface area contributed by atoms with Crippen LogP contribution in [0.15, 0.2) is 103 Å². The van der Waals surface area contributed by atoms with Crippen molar-refractivity contribution in [2.24, 2.45) is 5.92 Å². The molecule has 1 aliphatic rings. The molecule has 1 aliphatic heterocycles. The SMILES string of the molecule is COc1ccccc1Oc1ccc(N2CC(C(=O)OCC(=O)c3ccc(OC(=O)c4ccccc4)cc3)CC2=O)cc1. The standard InChI is InChI=1S/C33H27NO8/c1-39-29-9-5-6-10-30(29)41-26-17-13-25(14-18-26)34-20-24(19-31(34)36)32(37)40-21-28(35)22-11-15-27(16-12-22)42-33(38)23-7-3-2-4-8-23/h2-18,24H,19-21H2,1H3. The monoisotopic (exact) mass is 565 g/mol. The van der Waals surface area contributed by atoms with E-state index in [1.807, 2.05) is 12.1 Å². The molecule has 0 aromatic heterocycles. The molecule has 1 unspecified atom stereocenters. The number of Topliss-reactive ketones (excluding diaryl/α,β-unsaturated/α-hetero) is 1. The van der Waals surface area contributed by atoms with Gasteiger partial charge in [-0.2, -0.15) is 0 Å². The second-order valence-electron chi connectivity index (χ2n) is 9.46. The molecule has 4 aromatic carbocycles. The zero-order valence-electron chi connectivity index (χ0n) is 22.7. The van der Waals surface area contributed by atoms with Gasteiger partial charge in [0.05, 0.1) is 18.6 Å². The summed E-state index contributed by atoms with van der Waals surface area (Å²) in [5, 5.41) is 0. The Kier molecular flexibility index (Phi) is 8.58. The van der Waals surface area contributed by atoms with Crippen LogP contribution in [0.25, 0.3) is 0 Å². The molecule has 212 valence electrons. The van der Waals surface area contributed by atoms with Crippen LogP contribution in [0, 0.1) is 5.92 Å². The number of carbonyl (C=O) groups is 4. The highest BCUT2D eigenvalue weighted by Gasteiger charge is 2.36. The molecule has 42 heavy (non-hydrogen) atoms. The van der Waals surface area contributed by atoms with Gasteiger partial charge in [0.1, 0.15) is 11.5 Å². The van der Waals surface area contributed by atoms with E-state index in [4.69, 9.17) is 18.9 Å². The minimum absolute atomic E-state index is 0.0199. The summed E-state index contributed by atoms with van der Waals surface area (Å²) in [5.41, 5.74) is 1.32. The van der Waals surface area contributed by atoms with Crippen molar-refractivity contribution >= 4 is 29.3 Å². The summed E-state index contributed by atoms with van der Waals surface area (Å²) in [7, 11) is 1.56. The summed E-state index contributed by atoms with van der Waals surface area (Å²) in [4.78, 5) is 51.7. The van der Waals surface area contributed by atoms with E-state index in [-0.39, 0.29) is 24.6 Å². The Balaban J connectivity index is 1.11. The minimum atomic E-state index is -0.699. The Labute approximate surface area is 242 Å². The number of ketones is 1. The Bertz CT molecular complexity index is 1580. The molecule has 0 saturated carbocycles. The highest BCUT2D eigenvalue weighted by atomic mass is 16.5. The van der Waals surface area contributed by atoms with Gasteiger partial charge in [-0.3, -0.25) is 14.4 Å². The summed E-state index contributed by atoms with van der Waals surface area (Å²) in [6, 6.07) is 28.7. The van der Waals surface area contributed by atoms with Crippen LogP contribution in [0.2, 0.25) is 0 Å². The number of hydrogen-bond acceptors (Lipinski definition) is 8. The van der Waals surface area contributed by atoms with Gasteiger partial charge in [0.2, 0.25) is 5.91 Å². The molecule has 5 rings (SSSR count). The predicted octanol–water partition coefficient (Wildman–Crippen LogP) is 5.49. The number of methoxy groups -OCH3 is 1. The van der Waals surface area contributed by atoms with Gasteiger partial charge in [-0.05, 0) is 72.8 Å². The third kappa shape index (κ3) is 6.64. The average Bonchev–Trinajstić information content (AvgIpc) is 3.42. The van der Waals surface area contributed by atoms with E-state index in [0.717, 1.165) is 0 Å². The molecule has 4 aromatic rings. The zero-order valence-corrected chi connectivity index (χ0v) is 22.7. The quantitative estimate of drug-likeness (QED) is 0.141. The molecular formula is C33H27NO8. The Morgan fingerprint density at radius 3 is 2.10 bits per heavy atom. The van der Waals surface area contributed by atoms with Crippen LogP contribution in [-0.2, 0) is 14.3 Å². The summed E-state index contributed by atoms with van der Waals surface area (Å²) in [6.45, 7) is -0.332. The van der Waals surface area contributed by atoms with Crippen molar-refractivity contribution in [3.8, 4) is 23.0 Å². The molecule has 9 nitrogen and oxygen atoms in total. The number of hydrogen-bond donors (Lipinski definition) is 0. The lowest BCUT2D eigenvalue weighted by Crippen LogP contribution is -2.27. The van der Waals surface area contributed by atoms with E-state index in [1.54, 1.807) is 73.8 Å². The number of rotatable bonds is 10. The van der Waals surface area contributed by atoms with Crippen LogP contribution in [0.1, 0.15) is 27.1 Å². The molecule has 0 N–H and O–H groups in total. The third-order valence-electron chi connectivity index (χ3n) is 6.65. The van der Waals surface area contributed by atoms with E-state index >= 15 is 0 Å². The molecular weight excluding hydrogens is 538 g/mol. The molecule has 0 bridgehead atoms. The lowest BCUT2D eigenvalue weighted by atomic mass is 10.1. The van der Waals surface area contributed by atoms with Crippen LogP contribution in [0.5, 0.6) is 23.0 Å². The van der Waals surface area contributed by atoms with Crippen LogP contribution in [0.4, 0.5) is 5.69 Å². The van der Waals surface area contributed by atoms with Crippen molar-refractivity contribution in [2.45, 2.75) is 6.42 Å². The molecule has 0 aliphatic carbocycles. The highest BCUT2D eigenvalue weighted by molar-refractivity contribution is 6.01. The van der Waals surface area contributed by atoms with Gasteiger partial charge < -0.3 is 23.8 Å². The van der Waals surface area contributed by atoms with Crippen molar-refractivity contribution in [3.05, 3.63) is 114 Å². The van der Waals surface area contributed by atoms with Gasteiger partial charge in [-0.1, -0.05) is 30.3 Å². The van der Waals surface area contributed by atoms with E-state index in [1.165, 1.54) is 29.2 Å². The number of esters is 2. The maximum absolute atomic E-state index is 12.7. The van der Waals surface area contributed by atoms with Crippen LogP contribution in [0.3, 0.4) is 0 Å². The van der Waals surface area contributed by atoms with Crippen LogP contribution in [-0.4, -0.2) is 43.9 Å². The Morgan fingerprint density at radius 2 is 1.40 bits per heavy atom. The van der Waals surface area contributed by atoms with Gasteiger partial charge in [0.15, 0.2) is 23.9 Å². The average molecular weight is 566 g/mol. The van der Waals surface area contributed by atoms with E-state index < -0.39 is 30.2 Å². The molecule has 0 spiro atoms. The number of para-hydroxylation sites is 2. The summed E-state index contributed by atoms with van der Waals surface area (Å²) in [5.74, 6) is -0.479. The van der Waals surface area contributed by atoms with Gasteiger partial charge in [0.25, 0.3) is 0 Å². The van der Waals surface area contributed by atoms with E-state index in [2.05, 4.69) is 0 Å². The summed E-state index contributed by atoms with van der Waals surface area (Å²) < 4.78 is 21.7. The maximum atomic E-state index is 12.7. The van der Waals surface area contributed by atoms with Crippen LogP contribution < -0.4 is 19.1 Å². The largest absolute Gasteiger partial charge is 0.493 e. The molecule has 1 heterocycles. The Morgan fingerprint density at radius 1 is 0.762 bits per heavy atom. The highest BCUT2D eigenvalue weighted by Crippen LogP contribution is 2.33. The molecule has 1 fully saturated rings. The van der Waals surface area contributed by atoms with E-state index in [9.17, 15) is 19.2 Å². The topological polar surface area (TPSA) is 108 Å². The second kappa shape index (κ2) is 12.8. The van der Waals surface area contributed by atoms with Crippen molar-refractivity contribution in [2.75, 3.05) is 25.2 Å². The van der Waals surface area contributed by atoms with Gasteiger partial charge in [-0.15, -0.1) is 0 Å². The molecule has 1 saturated heterocycles. The normalized spacial score (nSPS) is 14.3. The number of carbonyl (C=O) groups excluding carboxylic acids is 4. The number of ether oxygens (including phenoxy) is 4. The van der Waals surface area contributed by atoms with Crippen LogP contribution >= 0.6 is 0 Å². The lowest BCUT2D eigenvalue weighted by Gasteiger charge is -2.17. The number of nitrogens with zero attached hydrogens (tertiary/aromatic N) is 1. The Hall–Kier alpha value is -5.44. The lowest BCUT2D eigenvalue weighted by molar-refractivity contribution is -0.147. The van der Waals surface area contributed by atoms with Crippen molar-refractivity contribution in [3.63, 3.8) is 0 Å². The number of amides is 1. The molecule has 0 radical (unpaired) electrons. The van der Waals surface area contributed by atoms with Crippen molar-refractivity contribution in [1.82, 2.24) is 0 Å². The smallest absolute Gasteiger partial charge is 0.343 e. The second-order valence-corrected chi connectivity index (χ2v) is 9.46. The van der Waals surface area contributed by atoms with Gasteiger partial charge in [0, 0.05) is 24.2 Å². The molecule has 1 amide bonds.